The molecule has 0 fully saturated rings. The highest BCUT2D eigenvalue weighted by Crippen LogP contribution is 2.38. The van der Waals surface area contributed by atoms with Gasteiger partial charge in [-0.2, -0.15) is 4.98 Å². The summed E-state index contributed by atoms with van der Waals surface area (Å²) in [7, 11) is 0. The van der Waals surface area contributed by atoms with Crippen LogP contribution in [0.15, 0.2) is 36.7 Å². The van der Waals surface area contributed by atoms with Crippen molar-refractivity contribution in [1.82, 2.24) is 19.6 Å². The van der Waals surface area contributed by atoms with Gasteiger partial charge in [-0.25, -0.2) is 17.6 Å². The number of fused-ring (bicyclic) bond motifs is 4. The number of nitrogens with zero attached hydrogens (tertiary/aromatic N) is 5. The standard InChI is InChI=1S/C24H19F4N5/c1-24(2,22(27)28)8-7-14-10-16(26)12-20-17(14)4-3-9-32(20)21-18-11-15(25)5-6-19(18)33-13-29-31-23(33)30-21/h5-6,10-13,22H,3-4,9H2,1-2H3. The van der Waals surface area contributed by atoms with Crippen molar-refractivity contribution in [2.45, 2.75) is 33.1 Å². The van der Waals surface area contributed by atoms with E-state index in [-0.39, 0.29) is 0 Å². The highest BCUT2D eigenvalue weighted by Gasteiger charge is 2.28. The highest BCUT2D eigenvalue weighted by molar-refractivity contribution is 5.94. The zero-order chi connectivity index (χ0) is 23.3. The number of alkyl halides is 2. The first-order valence-electron chi connectivity index (χ1n) is 10.4. The van der Waals surface area contributed by atoms with Crippen LogP contribution in [0.25, 0.3) is 16.7 Å². The third kappa shape index (κ3) is 3.65. The number of halogens is 4. The van der Waals surface area contributed by atoms with Crippen LogP contribution < -0.4 is 4.90 Å². The third-order valence-electron chi connectivity index (χ3n) is 5.81. The molecule has 9 heteroatoms. The van der Waals surface area contributed by atoms with Gasteiger partial charge in [-0.15, -0.1) is 10.2 Å². The van der Waals surface area contributed by atoms with Crippen LogP contribution in [0, 0.1) is 28.9 Å². The normalized spacial score (nSPS) is 14.0. The summed E-state index contributed by atoms with van der Waals surface area (Å²) in [5.41, 5.74) is 0.767. The molecule has 4 aromatic rings. The minimum absolute atomic E-state index is 0.325. The molecule has 0 saturated heterocycles. The molecule has 0 atom stereocenters. The Bertz CT molecular complexity index is 1450. The predicted molar refractivity (Wildman–Crippen MR) is 117 cm³/mol. The smallest absolute Gasteiger partial charge is 0.257 e. The molecule has 3 heterocycles. The Hall–Kier alpha value is -3.67. The summed E-state index contributed by atoms with van der Waals surface area (Å²) in [4.78, 5) is 6.39. The predicted octanol–water partition coefficient (Wildman–Crippen LogP) is 5.28. The van der Waals surface area contributed by atoms with Gasteiger partial charge in [0.05, 0.1) is 10.9 Å². The summed E-state index contributed by atoms with van der Waals surface area (Å²) in [5, 5.41) is 8.44. The fraction of sp³-hybridized carbons (Fsp3) is 0.292. The SMILES string of the molecule is CC(C)(C#Cc1cc(F)cc2c1CCCN2c1nc2nncn2c2ccc(F)cc12)C(F)F. The molecule has 1 aliphatic heterocycles. The van der Waals surface area contributed by atoms with Crippen molar-refractivity contribution in [3.05, 3.63) is 59.4 Å². The van der Waals surface area contributed by atoms with Crippen LogP contribution in [0.5, 0.6) is 0 Å². The molecule has 0 saturated carbocycles. The first-order valence-corrected chi connectivity index (χ1v) is 10.4. The molecule has 0 unspecified atom stereocenters. The minimum Gasteiger partial charge on any atom is -0.325 e. The van der Waals surface area contributed by atoms with Crippen LogP contribution in [-0.2, 0) is 6.42 Å². The molecular formula is C24H19F4N5. The average Bonchev–Trinajstić information content (AvgIpc) is 3.25. The fourth-order valence-corrected chi connectivity index (χ4v) is 4.01. The second-order valence-electron chi connectivity index (χ2n) is 8.58. The van der Waals surface area contributed by atoms with Crippen LogP contribution in [-0.4, -0.2) is 32.6 Å². The molecule has 1 aliphatic rings. The van der Waals surface area contributed by atoms with Crippen LogP contribution in [0.3, 0.4) is 0 Å². The maximum Gasteiger partial charge on any atom is 0.257 e. The molecule has 0 amide bonds. The largest absolute Gasteiger partial charge is 0.325 e. The van der Waals surface area contributed by atoms with Crippen molar-refractivity contribution < 1.29 is 17.6 Å². The van der Waals surface area contributed by atoms with Gasteiger partial charge >= 0.3 is 0 Å². The molecule has 0 radical (unpaired) electrons. The van der Waals surface area contributed by atoms with Crippen molar-refractivity contribution >= 4 is 28.2 Å². The van der Waals surface area contributed by atoms with Gasteiger partial charge in [0.2, 0.25) is 0 Å². The summed E-state index contributed by atoms with van der Waals surface area (Å²) in [5.74, 6) is 5.14. The van der Waals surface area contributed by atoms with E-state index >= 15 is 0 Å². The van der Waals surface area contributed by atoms with E-state index in [1.807, 2.05) is 4.90 Å². The zero-order valence-corrected chi connectivity index (χ0v) is 17.9. The zero-order valence-electron chi connectivity index (χ0n) is 17.9. The molecule has 0 N–H and O–H groups in total. The first kappa shape index (κ1) is 21.2. The molecule has 2 aromatic heterocycles. The van der Waals surface area contributed by atoms with E-state index < -0.39 is 23.5 Å². The lowest BCUT2D eigenvalue weighted by Crippen LogP contribution is -2.27. The van der Waals surface area contributed by atoms with E-state index in [4.69, 9.17) is 0 Å². The highest BCUT2D eigenvalue weighted by atomic mass is 19.3. The number of aromatic nitrogens is 4. The molecule has 0 bridgehead atoms. The van der Waals surface area contributed by atoms with Crippen molar-refractivity contribution in [1.29, 1.82) is 0 Å². The second kappa shape index (κ2) is 7.73. The number of hydrogen-bond donors (Lipinski definition) is 0. The maximum atomic E-state index is 14.7. The van der Waals surface area contributed by atoms with Crippen LogP contribution in [0.1, 0.15) is 31.4 Å². The van der Waals surface area contributed by atoms with Crippen LogP contribution in [0.2, 0.25) is 0 Å². The summed E-state index contributed by atoms with van der Waals surface area (Å²) in [6.45, 7) is 3.21. The molecule has 168 valence electrons. The Kier molecular flexibility index (Phi) is 4.96. The van der Waals surface area contributed by atoms with Crippen LogP contribution >= 0.6 is 0 Å². The Labute approximate surface area is 187 Å². The van der Waals surface area contributed by atoms with Gasteiger partial charge < -0.3 is 4.90 Å². The van der Waals surface area contributed by atoms with Gasteiger partial charge in [0.1, 0.15) is 23.8 Å². The molecule has 33 heavy (non-hydrogen) atoms. The van der Waals surface area contributed by atoms with Gasteiger partial charge in [-0.3, -0.25) is 4.40 Å². The Morgan fingerprint density at radius 2 is 1.91 bits per heavy atom. The van der Waals surface area contributed by atoms with Gasteiger partial charge in [-0.05, 0) is 62.6 Å². The average molecular weight is 453 g/mol. The van der Waals surface area contributed by atoms with Gasteiger partial charge in [0.25, 0.3) is 12.2 Å². The number of hydrogen-bond acceptors (Lipinski definition) is 4. The number of benzene rings is 2. The van der Waals surface area contributed by atoms with Crippen molar-refractivity contribution in [3.63, 3.8) is 0 Å². The van der Waals surface area contributed by atoms with Crippen molar-refractivity contribution in [2.24, 2.45) is 5.41 Å². The summed E-state index contributed by atoms with van der Waals surface area (Å²) in [6.07, 6.45) is 0.160. The molecule has 5 nitrogen and oxygen atoms in total. The quantitative estimate of drug-likeness (QED) is 0.306. The topological polar surface area (TPSA) is 46.3 Å². The number of rotatable bonds is 2. The maximum absolute atomic E-state index is 14.7. The minimum atomic E-state index is -2.63. The second-order valence-corrected chi connectivity index (χ2v) is 8.58. The molecule has 2 aromatic carbocycles. The van der Waals surface area contributed by atoms with E-state index in [1.165, 1.54) is 44.4 Å². The monoisotopic (exact) mass is 453 g/mol. The fourth-order valence-electron chi connectivity index (χ4n) is 4.01. The van der Waals surface area contributed by atoms with E-state index in [0.717, 1.165) is 5.56 Å². The lowest BCUT2D eigenvalue weighted by Gasteiger charge is -2.32. The van der Waals surface area contributed by atoms with E-state index in [0.29, 0.717) is 53.1 Å². The van der Waals surface area contributed by atoms with Crippen molar-refractivity contribution in [2.75, 3.05) is 11.4 Å². The summed E-state index contributed by atoms with van der Waals surface area (Å²) < 4.78 is 57.0. The van der Waals surface area contributed by atoms with Gasteiger partial charge in [-0.1, -0.05) is 11.8 Å². The first-order chi connectivity index (χ1) is 15.7. The molecular weight excluding hydrogens is 434 g/mol. The van der Waals surface area contributed by atoms with Gasteiger partial charge in [0, 0.05) is 23.2 Å². The Morgan fingerprint density at radius 1 is 1.09 bits per heavy atom. The van der Waals surface area contributed by atoms with Crippen LogP contribution in [0.4, 0.5) is 29.1 Å². The molecule has 0 spiro atoms. The molecule has 0 aliphatic carbocycles. The van der Waals surface area contributed by atoms with E-state index in [1.54, 1.807) is 10.5 Å². The number of anilines is 2. The van der Waals surface area contributed by atoms with E-state index in [9.17, 15) is 17.6 Å². The molecule has 5 rings (SSSR count). The summed E-state index contributed by atoms with van der Waals surface area (Å²) in [6, 6.07) is 6.97. The Morgan fingerprint density at radius 3 is 2.70 bits per heavy atom. The summed E-state index contributed by atoms with van der Waals surface area (Å²) >= 11 is 0. The van der Waals surface area contributed by atoms with Crippen molar-refractivity contribution in [3.8, 4) is 11.8 Å². The third-order valence-corrected chi connectivity index (χ3v) is 5.81. The van der Waals surface area contributed by atoms with Gasteiger partial charge in [0.15, 0.2) is 0 Å². The Balaban J connectivity index is 1.71. The van der Waals surface area contributed by atoms with E-state index in [2.05, 4.69) is 27.0 Å². The lowest BCUT2D eigenvalue weighted by molar-refractivity contribution is 0.0570. The lowest BCUT2D eigenvalue weighted by atomic mass is 9.92.